The van der Waals surface area contributed by atoms with Crippen molar-refractivity contribution in [3.8, 4) is 5.75 Å². The molecule has 0 heterocycles. The van der Waals surface area contributed by atoms with Gasteiger partial charge in [-0.3, -0.25) is 0 Å². The van der Waals surface area contributed by atoms with E-state index >= 15 is 0 Å². The van der Waals surface area contributed by atoms with E-state index in [1.165, 1.54) is 43.2 Å². The minimum Gasteiger partial charge on any atom is -0.497 e. The fourth-order valence-corrected chi connectivity index (χ4v) is 6.03. The van der Waals surface area contributed by atoms with Crippen LogP contribution in [0, 0.1) is 24.2 Å². The topological polar surface area (TPSA) is 29.5 Å². The van der Waals surface area contributed by atoms with Crippen LogP contribution in [0.1, 0.15) is 61.6 Å². The molecular weight excluding hydrogens is 272 g/mol. The van der Waals surface area contributed by atoms with Crippen LogP contribution in [0.5, 0.6) is 5.75 Å². The summed E-state index contributed by atoms with van der Waals surface area (Å²) < 4.78 is 5.46. The highest BCUT2D eigenvalue weighted by Gasteiger charge is 2.54. The number of methoxy groups -OCH3 is 1. The van der Waals surface area contributed by atoms with Crippen LogP contribution in [-0.2, 0) is 6.42 Å². The van der Waals surface area contributed by atoms with E-state index in [9.17, 15) is 5.11 Å². The first kappa shape index (κ1) is 14.6. The molecule has 0 aliphatic heterocycles. The van der Waals surface area contributed by atoms with Crippen LogP contribution in [0.4, 0.5) is 0 Å². The summed E-state index contributed by atoms with van der Waals surface area (Å²) in [7, 11) is 1.76. The van der Waals surface area contributed by atoms with Gasteiger partial charge in [-0.25, -0.2) is 0 Å². The SMILES string of the molecule is COc1cc(C)c2c(c1)CC[C@H]1[C@H]3CC[C@H](O)[C@]3(C)CC[C@@H]21. The highest BCUT2D eigenvalue weighted by Crippen LogP contribution is 2.61. The molecule has 2 heteroatoms. The lowest BCUT2D eigenvalue weighted by molar-refractivity contribution is -0.0227. The Kier molecular flexibility index (Phi) is 3.30. The summed E-state index contributed by atoms with van der Waals surface area (Å²) in [6.07, 6.45) is 7.06. The van der Waals surface area contributed by atoms with Gasteiger partial charge in [-0.05, 0) is 97.4 Å². The molecule has 0 aromatic heterocycles. The van der Waals surface area contributed by atoms with Gasteiger partial charge in [0, 0.05) is 0 Å². The smallest absolute Gasteiger partial charge is 0.119 e. The Balaban J connectivity index is 1.73. The molecule has 2 saturated carbocycles. The predicted octanol–water partition coefficient (Wildman–Crippen LogP) is 4.22. The van der Waals surface area contributed by atoms with E-state index < -0.39 is 0 Å². The number of aliphatic hydroxyl groups excluding tert-OH is 1. The third-order valence-electron chi connectivity index (χ3n) is 7.19. The number of hydrogen-bond acceptors (Lipinski definition) is 2. The molecular formula is C20H28O2. The zero-order valence-corrected chi connectivity index (χ0v) is 14.1. The van der Waals surface area contributed by atoms with E-state index in [2.05, 4.69) is 26.0 Å². The summed E-state index contributed by atoms with van der Waals surface area (Å²) in [6.45, 7) is 4.60. The van der Waals surface area contributed by atoms with Gasteiger partial charge in [-0.1, -0.05) is 6.92 Å². The lowest BCUT2D eigenvalue weighted by Crippen LogP contribution is -2.44. The first-order valence-corrected chi connectivity index (χ1v) is 8.90. The van der Waals surface area contributed by atoms with E-state index in [0.717, 1.165) is 24.0 Å². The normalized spacial score (nSPS) is 39.8. The lowest BCUT2D eigenvalue weighted by Gasteiger charge is -2.50. The summed E-state index contributed by atoms with van der Waals surface area (Å²) in [5.41, 5.74) is 4.71. The molecule has 1 aromatic rings. The molecule has 3 aliphatic carbocycles. The number of rotatable bonds is 1. The maximum absolute atomic E-state index is 10.5. The Hall–Kier alpha value is -1.02. The minimum absolute atomic E-state index is 0.0724. The summed E-state index contributed by atoms with van der Waals surface area (Å²) in [6, 6.07) is 4.47. The van der Waals surface area contributed by atoms with Crippen LogP contribution in [0.2, 0.25) is 0 Å². The van der Waals surface area contributed by atoms with Crippen LogP contribution in [0.15, 0.2) is 12.1 Å². The number of aryl methyl sites for hydroxylation is 2. The van der Waals surface area contributed by atoms with Crippen molar-refractivity contribution < 1.29 is 9.84 Å². The Morgan fingerprint density at radius 1 is 1.18 bits per heavy atom. The zero-order chi connectivity index (χ0) is 15.5. The first-order chi connectivity index (χ1) is 10.5. The maximum atomic E-state index is 10.5. The van der Waals surface area contributed by atoms with Crippen LogP contribution in [-0.4, -0.2) is 18.3 Å². The maximum Gasteiger partial charge on any atom is 0.119 e. The molecule has 4 rings (SSSR count). The quantitative estimate of drug-likeness (QED) is 0.841. The number of benzene rings is 1. The Labute approximate surface area is 133 Å². The second-order valence-electron chi connectivity index (χ2n) is 8.07. The Bertz CT molecular complexity index is 594. The second-order valence-corrected chi connectivity index (χ2v) is 8.07. The third kappa shape index (κ3) is 1.89. The second kappa shape index (κ2) is 4.99. The van der Waals surface area contributed by atoms with Gasteiger partial charge in [-0.2, -0.15) is 0 Å². The van der Waals surface area contributed by atoms with Crippen LogP contribution >= 0.6 is 0 Å². The summed E-state index contributed by atoms with van der Waals surface area (Å²) in [5.74, 6) is 3.20. The molecule has 0 bridgehead atoms. The van der Waals surface area contributed by atoms with Gasteiger partial charge in [0.1, 0.15) is 5.75 Å². The standard InChI is InChI=1S/C20H28O2/c1-12-10-14(22-3)11-13-4-5-15-16(19(12)13)8-9-20(2)17(15)6-7-18(20)21/h10-11,15-18,21H,4-9H2,1-3H3/t15-,16-,17-,18+,20-/m1/s1. The van der Waals surface area contributed by atoms with E-state index in [1.807, 2.05) is 0 Å². The van der Waals surface area contributed by atoms with Gasteiger partial charge < -0.3 is 9.84 Å². The van der Waals surface area contributed by atoms with E-state index in [4.69, 9.17) is 4.74 Å². The molecule has 2 nitrogen and oxygen atoms in total. The zero-order valence-electron chi connectivity index (χ0n) is 14.1. The van der Waals surface area contributed by atoms with Crippen LogP contribution < -0.4 is 4.74 Å². The number of ether oxygens (including phenoxy) is 1. The highest BCUT2D eigenvalue weighted by atomic mass is 16.5. The van der Waals surface area contributed by atoms with Crippen molar-refractivity contribution in [3.63, 3.8) is 0 Å². The van der Waals surface area contributed by atoms with E-state index in [-0.39, 0.29) is 11.5 Å². The molecule has 120 valence electrons. The van der Waals surface area contributed by atoms with Crippen LogP contribution in [0.25, 0.3) is 0 Å². The Morgan fingerprint density at radius 2 is 2.00 bits per heavy atom. The number of hydrogen-bond donors (Lipinski definition) is 1. The van der Waals surface area contributed by atoms with Gasteiger partial charge in [0.05, 0.1) is 13.2 Å². The van der Waals surface area contributed by atoms with Crippen molar-refractivity contribution in [2.75, 3.05) is 7.11 Å². The van der Waals surface area contributed by atoms with Crippen molar-refractivity contribution in [1.82, 2.24) is 0 Å². The molecule has 0 unspecified atom stereocenters. The first-order valence-electron chi connectivity index (χ1n) is 8.90. The van der Waals surface area contributed by atoms with Gasteiger partial charge in [0.15, 0.2) is 0 Å². The molecule has 22 heavy (non-hydrogen) atoms. The molecule has 1 N–H and O–H groups in total. The van der Waals surface area contributed by atoms with Gasteiger partial charge in [0.2, 0.25) is 0 Å². The fraction of sp³-hybridized carbons (Fsp3) is 0.700. The van der Waals surface area contributed by atoms with Crippen molar-refractivity contribution in [2.45, 2.75) is 64.4 Å². The lowest BCUT2D eigenvalue weighted by atomic mass is 9.55. The van der Waals surface area contributed by atoms with Crippen molar-refractivity contribution in [2.24, 2.45) is 17.3 Å². The van der Waals surface area contributed by atoms with Crippen molar-refractivity contribution >= 4 is 0 Å². The third-order valence-corrected chi connectivity index (χ3v) is 7.19. The average molecular weight is 300 g/mol. The fourth-order valence-electron chi connectivity index (χ4n) is 6.03. The molecule has 2 fully saturated rings. The molecule has 0 amide bonds. The average Bonchev–Trinajstić information content (AvgIpc) is 2.82. The van der Waals surface area contributed by atoms with E-state index in [0.29, 0.717) is 5.92 Å². The molecule has 1 aromatic carbocycles. The largest absolute Gasteiger partial charge is 0.497 e. The van der Waals surface area contributed by atoms with Crippen LogP contribution in [0.3, 0.4) is 0 Å². The summed E-state index contributed by atoms with van der Waals surface area (Å²) in [5, 5.41) is 10.5. The van der Waals surface area contributed by atoms with Crippen molar-refractivity contribution in [3.05, 3.63) is 28.8 Å². The Morgan fingerprint density at radius 3 is 2.77 bits per heavy atom. The highest BCUT2D eigenvalue weighted by molar-refractivity contribution is 5.46. The summed E-state index contributed by atoms with van der Waals surface area (Å²) in [4.78, 5) is 0. The van der Waals surface area contributed by atoms with Crippen molar-refractivity contribution in [1.29, 1.82) is 0 Å². The molecule has 0 saturated heterocycles. The van der Waals surface area contributed by atoms with E-state index in [1.54, 1.807) is 12.7 Å². The molecule has 3 aliphatic rings. The summed E-state index contributed by atoms with van der Waals surface area (Å²) >= 11 is 0. The van der Waals surface area contributed by atoms with Gasteiger partial charge >= 0.3 is 0 Å². The minimum atomic E-state index is -0.0724. The predicted molar refractivity (Wildman–Crippen MR) is 88.4 cm³/mol. The molecule has 0 spiro atoms. The monoisotopic (exact) mass is 300 g/mol. The van der Waals surface area contributed by atoms with Gasteiger partial charge in [0.25, 0.3) is 0 Å². The number of aliphatic hydroxyl groups is 1. The van der Waals surface area contributed by atoms with Gasteiger partial charge in [-0.15, -0.1) is 0 Å². The molecule has 0 radical (unpaired) electrons. The molecule has 5 atom stereocenters. The number of fused-ring (bicyclic) bond motifs is 5.